The van der Waals surface area contributed by atoms with E-state index in [1.165, 1.54) is 12.1 Å². The predicted octanol–water partition coefficient (Wildman–Crippen LogP) is 4.29. The maximum Gasteiger partial charge on any atom is 0.311 e. The molecule has 0 N–H and O–H groups in total. The van der Waals surface area contributed by atoms with E-state index in [0.29, 0.717) is 5.92 Å². The second-order valence-corrected chi connectivity index (χ2v) is 6.30. The molecule has 0 unspecified atom stereocenters. The molecule has 0 amide bonds. The third-order valence-electron chi connectivity index (χ3n) is 3.93. The van der Waals surface area contributed by atoms with Crippen molar-refractivity contribution >= 4 is 23.5 Å². The molecule has 0 saturated heterocycles. The Morgan fingerprint density at radius 3 is 2.48 bits per heavy atom. The van der Waals surface area contributed by atoms with Gasteiger partial charge in [-0.25, -0.2) is 4.39 Å². The van der Waals surface area contributed by atoms with Gasteiger partial charge in [-0.2, -0.15) is 0 Å². The average molecular weight is 343 g/mol. The molecule has 0 aliphatic heterocycles. The van der Waals surface area contributed by atoms with Crippen LogP contribution >= 0.6 is 11.6 Å². The molecule has 126 valence electrons. The Bertz CT molecular complexity index is 547. The minimum absolute atomic E-state index is 0.0113. The molecule has 0 atom stereocenters. The molecule has 0 spiro atoms. The summed E-state index contributed by atoms with van der Waals surface area (Å²) in [6.45, 7) is 2.18. The highest BCUT2D eigenvalue weighted by Crippen LogP contribution is 2.28. The van der Waals surface area contributed by atoms with Crippen LogP contribution in [0.1, 0.15) is 45.4 Å². The first-order valence-corrected chi connectivity index (χ1v) is 8.17. The normalized spacial score (nSPS) is 20.8. The van der Waals surface area contributed by atoms with Crippen LogP contribution in [0.5, 0.6) is 5.75 Å². The second kappa shape index (κ2) is 8.29. The monoisotopic (exact) mass is 342 g/mol. The smallest absolute Gasteiger partial charge is 0.311 e. The first-order valence-electron chi connectivity index (χ1n) is 7.80. The lowest BCUT2D eigenvalue weighted by Crippen LogP contribution is -2.24. The van der Waals surface area contributed by atoms with Gasteiger partial charge in [0, 0.05) is 0 Å². The molecule has 2 rings (SSSR count). The molecule has 1 saturated carbocycles. The Balaban J connectivity index is 1.75. The maximum atomic E-state index is 13.5. The summed E-state index contributed by atoms with van der Waals surface area (Å²) in [4.78, 5) is 23.5. The van der Waals surface area contributed by atoms with Crippen LogP contribution < -0.4 is 4.74 Å². The van der Waals surface area contributed by atoms with Crippen LogP contribution in [0.3, 0.4) is 0 Å². The van der Waals surface area contributed by atoms with Crippen LogP contribution in [0.15, 0.2) is 18.2 Å². The Kier molecular flexibility index (Phi) is 6.39. The van der Waals surface area contributed by atoms with Gasteiger partial charge in [-0.1, -0.05) is 24.6 Å². The maximum absolute atomic E-state index is 13.5. The Labute approximate surface area is 139 Å². The number of hydrogen-bond acceptors (Lipinski definition) is 4. The van der Waals surface area contributed by atoms with Gasteiger partial charge in [-0.05, 0) is 43.7 Å². The fourth-order valence-electron chi connectivity index (χ4n) is 2.54. The van der Waals surface area contributed by atoms with Crippen molar-refractivity contribution in [3.05, 3.63) is 29.0 Å². The summed E-state index contributed by atoms with van der Waals surface area (Å²) in [6, 6.07) is 3.98. The summed E-state index contributed by atoms with van der Waals surface area (Å²) in [6.07, 6.45) is 3.50. The molecule has 6 heteroatoms. The van der Waals surface area contributed by atoms with Crippen LogP contribution in [-0.4, -0.2) is 18.0 Å². The van der Waals surface area contributed by atoms with Gasteiger partial charge in [0.25, 0.3) is 0 Å². The predicted molar refractivity (Wildman–Crippen MR) is 83.8 cm³/mol. The second-order valence-electron chi connectivity index (χ2n) is 5.90. The minimum Gasteiger partial charge on any atom is -0.462 e. The number of benzene rings is 1. The minimum atomic E-state index is -0.718. The number of ether oxygens (including phenoxy) is 2. The van der Waals surface area contributed by atoms with Crippen LogP contribution in [-0.2, 0) is 14.3 Å². The lowest BCUT2D eigenvalue weighted by Gasteiger charge is -2.25. The molecule has 1 fully saturated rings. The number of hydrogen-bond donors (Lipinski definition) is 0. The third-order valence-corrected chi connectivity index (χ3v) is 4.23. The number of esters is 2. The zero-order chi connectivity index (χ0) is 16.8. The largest absolute Gasteiger partial charge is 0.462 e. The molecule has 0 bridgehead atoms. The van der Waals surface area contributed by atoms with E-state index in [-0.39, 0.29) is 29.7 Å². The van der Waals surface area contributed by atoms with Gasteiger partial charge in [-0.15, -0.1) is 0 Å². The lowest BCUT2D eigenvalue weighted by molar-refractivity contribution is -0.153. The van der Waals surface area contributed by atoms with Crippen molar-refractivity contribution in [1.29, 1.82) is 0 Å². The van der Waals surface area contributed by atoms with Gasteiger partial charge in [0.1, 0.15) is 6.10 Å². The lowest BCUT2D eigenvalue weighted by atomic mass is 9.89. The fraction of sp³-hybridized carbons (Fsp3) is 0.529. The summed E-state index contributed by atoms with van der Waals surface area (Å²) in [5.41, 5.74) is 0. The molecule has 0 aromatic heterocycles. The standard InChI is InChI=1S/C17H20ClFO4/c1-11-5-7-12(8-6-11)22-15(20)9-10-16(21)23-17-13(18)3-2-4-14(17)19/h2-4,11-12H,5-10H2,1H3. The van der Waals surface area contributed by atoms with Crippen molar-refractivity contribution in [2.45, 2.75) is 51.6 Å². The van der Waals surface area contributed by atoms with E-state index in [0.717, 1.165) is 31.7 Å². The van der Waals surface area contributed by atoms with Crippen LogP contribution in [0.25, 0.3) is 0 Å². The van der Waals surface area contributed by atoms with Gasteiger partial charge < -0.3 is 9.47 Å². The van der Waals surface area contributed by atoms with Crippen molar-refractivity contribution in [3.63, 3.8) is 0 Å². The summed E-state index contributed by atoms with van der Waals surface area (Å²) in [5, 5.41) is 0.0113. The van der Waals surface area contributed by atoms with E-state index >= 15 is 0 Å². The Morgan fingerprint density at radius 2 is 1.83 bits per heavy atom. The van der Waals surface area contributed by atoms with Crippen LogP contribution in [0.2, 0.25) is 5.02 Å². The number of para-hydroxylation sites is 1. The van der Waals surface area contributed by atoms with Gasteiger partial charge in [0.2, 0.25) is 0 Å². The van der Waals surface area contributed by atoms with E-state index in [9.17, 15) is 14.0 Å². The molecule has 1 aromatic rings. The van der Waals surface area contributed by atoms with Crippen molar-refractivity contribution in [2.24, 2.45) is 5.92 Å². The van der Waals surface area contributed by atoms with E-state index in [1.807, 2.05) is 0 Å². The first kappa shape index (κ1) is 17.7. The number of carbonyl (C=O) groups is 2. The third kappa shape index (κ3) is 5.50. The highest BCUT2D eigenvalue weighted by atomic mass is 35.5. The summed E-state index contributed by atoms with van der Waals surface area (Å²) in [7, 11) is 0. The van der Waals surface area contributed by atoms with Crippen LogP contribution in [0.4, 0.5) is 4.39 Å². The van der Waals surface area contributed by atoms with E-state index in [1.54, 1.807) is 0 Å². The van der Waals surface area contributed by atoms with Crippen molar-refractivity contribution in [1.82, 2.24) is 0 Å². The SMILES string of the molecule is CC1CCC(OC(=O)CCC(=O)Oc2c(F)cccc2Cl)CC1. The molecular formula is C17H20ClFO4. The zero-order valence-corrected chi connectivity index (χ0v) is 13.8. The quantitative estimate of drug-likeness (QED) is 0.591. The number of carbonyl (C=O) groups excluding carboxylic acids is 2. The Hall–Kier alpha value is -1.62. The van der Waals surface area contributed by atoms with Crippen molar-refractivity contribution in [3.8, 4) is 5.75 Å². The van der Waals surface area contributed by atoms with Gasteiger partial charge in [0.15, 0.2) is 11.6 Å². The summed E-state index contributed by atoms with van der Waals surface area (Å²) in [5.74, 6) is -1.50. The average Bonchev–Trinajstić information content (AvgIpc) is 2.51. The van der Waals surface area contributed by atoms with E-state index in [4.69, 9.17) is 21.1 Å². The molecule has 4 nitrogen and oxygen atoms in total. The fourth-order valence-corrected chi connectivity index (χ4v) is 2.74. The first-order chi connectivity index (χ1) is 11.0. The number of halogens is 2. The van der Waals surface area contributed by atoms with Gasteiger partial charge >= 0.3 is 11.9 Å². The van der Waals surface area contributed by atoms with Crippen LogP contribution in [0, 0.1) is 11.7 Å². The topological polar surface area (TPSA) is 52.6 Å². The highest BCUT2D eigenvalue weighted by molar-refractivity contribution is 6.32. The molecular weight excluding hydrogens is 323 g/mol. The Morgan fingerprint density at radius 1 is 1.17 bits per heavy atom. The molecule has 1 aliphatic rings. The molecule has 1 aliphatic carbocycles. The summed E-state index contributed by atoms with van der Waals surface area (Å²) < 4.78 is 23.7. The van der Waals surface area contributed by atoms with Crippen molar-refractivity contribution < 1.29 is 23.5 Å². The molecule has 1 aromatic carbocycles. The van der Waals surface area contributed by atoms with E-state index in [2.05, 4.69) is 6.92 Å². The molecule has 0 radical (unpaired) electrons. The zero-order valence-electron chi connectivity index (χ0n) is 13.0. The molecule has 23 heavy (non-hydrogen) atoms. The summed E-state index contributed by atoms with van der Waals surface area (Å²) >= 11 is 5.77. The van der Waals surface area contributed by atoms with Gasteiger partial charge in [0.05, 0.1) is 17.9 Å². The number of rotatable bonds is 5. The van der Waals surface area contributed by atoms with E-state index < -0.39 is 17.8 Å². The van der Waals surface area contributed by atoms with Crippen molar-refractivity contribution in [2.75, 3.05) is 0 Å². The highest BCUT2D eigenvalue weighted by Gasteiger charge is 2.22. The molecule has 0 heterocycles. The van der Waals surface area contributed by atoms with Gasteiger partial charge in [-0.3, -0.25) is 9.59 Å².